The Balaban J connectivity index is 1.43. The number of benzene rings is 1. The van der Waals surface area contributed by atoms with Crippen LogP contribution in [0, 0.1) is 0 Å². The van der Waals surface area contributed by atoms with Gasteiger partial charge in [0.2, 0.25) is 5.95 Å². The number of piperazine rings is 1. The van der Waals surface area contributed by atoms with Gasteiger partial charge in [0.25, 0.3) is 0 Å². The van der Waals surface area contributed by atoms with E-state index in [1.165, 1.54) is 0 Å². The van der Waals surface area contributed by atoms with Crippen molar-refractivity contribution in [2.24, 2.45) is 5.73 Å². The number of fused-ring (bicyclic) bond motifs is 1. The number of primary amides is 1. The molecule has 34 heavy (non-hydrogen) atoms. The highest BCUT2D eigenvalue weighted by molar-refractivity contribution is 6.32. The molecular formula is C23H23ClN8O2. The second-order valence-corrected chi connectivity index (χ2v) is 8.19. The van der Waals surface area contributed by atoms with Crippen LogP contribution < -0.4 is 20.7 Å². The molecule has 5 rings (SSSR count). The number of nitrogens with zero attached hydrogens (tertiary/aromatic N) is 6. The monoisotopic (exact) mass is 478 g/mol. The predicted molar refractivity (Wildman–Crippen MR) is 131 cm³/mol. The molecule has 0 saturated carbocycles. The molecule has 3 aromatic heterocycles. The van der Waals surface area contributed by atoms with E-state index in [1.54, 1.807) is 24.4 Å². The topological polar surface area (TPSA) is 114 Å². The zero-order chi connectivity index (χ0) is 23.7. The van der Waals surface area contributed by atoms with Crippen LogP contribution in [0.1, 0.15) is 0 Å². The third-order valence-electron chi connectivity index (χ3n) is 5.79. The lowest BCUT2D eigenvalue weighted by Gasteiger charge is -2.35. The Labute approximate surface area is 200 Å². The van der Waals surface area contributed by atoms with Gasteiger partial charge >= 0.3 is 6.03 Å². The molecular weight excluding hydrogens is 456 g/mol. The van der Waals surface area contributed by atoms with E-state index in [0.717, 1.165) is 17.0 Å². The largest absolute Gasteiger partial charge is 0.495 e. The minimum atomic E-state index is -0.390. The molecule has 0 atom stereocenters. The van der Waals surface area contributed by atoms with E-state index in [-0.39, 0.29) is 0 Å². The van der Waals surface area contributed by atoms with E-state index in [0.29, 0.717) is 54.3 Å². The molecule has 1 aliphatic heterocycles. The third kappa shape index (κ3) is 4.15. The fourth-order valence-electron chi connectivity index (χ4n) is 4.01. The van der Waals surface area contributed by atoms with Crippen LogP contribution >= 0.6 is 11.6 Å². The molecule has 2 amide bonds. The van der Waals surface area contributed by atoms with Crippen LogP contribution in [0.5, 0.6) is 5.75 Å². The summed E-state index contributed by atoms with van der Waals surface area (Å²) in [6.45, 7) is 2.52. The molecule has 10 nitrogen and oxygen atoms in total. The maximum Gasteiger partial charge on any atom is 0.314 e. The van der Waals surface area contributed by atoms with Crippen LogP contribution in [0.15, 0.2) is 55.0 Å². The third-order valence-corrected chi connectivity index (χ3v) is 6.07. The summed E-state index contributed by atoms with van der Waals surface area (Å²) in [5.41, 5.74) is 9.23. The number of aromatic nitrogens is 4. The number of halogens is 1. The number of urea groups is 1. The van der Waals surface area contributed by atoms with Crippen molar-refractivity contribution in [3.63, 3.8) is 0 Å². The first-order valence-electron chi connectivity index (χ1n) is 10.7. The van der Waals surface area contributed by atoms with Crippen molar-refractivity contribution in [2.45, 2.75) is 0 Å². The van der Waals surface area contributed by atoms with Gasteiger partial charge in [-0.25, -0.2) is 19.7 Å². The van der Waals surface area contributed by atoms with Gasteiger partial charge in [-0.15, -0.1) is 0 Å². The lowest BCUT2D eigenvalue weighted by Crippen LogP contribution is -2.50. The number of pyridine rings is 1. The van der Waals surface area contributed by atoms with Crippen molar-refractivity contribution in [1.82, 2.24) is 24.3 Å². The quantitative estimate of drug-likeness (QED) is 0.452. The maximum absolute atomic E-state index is 11.4. The molecule has 1 aromatic carbocycles. The summed E-state index contributed by atoms with van der Waals surface area (Å²) in [5.74, 6) is 1.02. The van der Waals surface area contributed by atoms with Crippen LogP contribution in [-0.2, 0) is 0 Å². The van der Waals surface area contributed by atoms with Crippen LogP contribution in [-0.4, -0.2) is 63.6 Å². The van der Waals surface area contributed by atoms with Gasteiger partial charge in [-0.05, 0) is 30.3 Å². The molecule has 0 unspecified atom stereocenters. The molecule has 1 saturated heterocycles. The first-order valence-corrected chi connectivity index (χ1v) is 11.1. The van der Waals surface area contributed by atoms with Crippen LogP contribution in [0.25, 0.3) is 17.0 Å². The van der Waals surface area contributed by atoms with E-state index in [9.17, 15) is 4.79 Å². The van der Waals surface area contributed by atoms with Crippen LogP contribution in [0.4, 0.5) is 22.1 Å². The predicted octanol–water partition coefficient (Wildman–Crippen LogP) is 3.40. The first kappa shape index (κ1) is 21.8. The van der Waals surface area contributed by atoms with E-state index in [2.05, 4.69) is 25.2 Å². The van der Waals surface area contributed by atoms with Gasteiger partial charge < -0.3 is 25.6 Å². The Morgan fingerprint density at radius 1 is 1.12 bits per heavy atom. The van der Waals surface area contributed by atoms with Crippen molar-refractivity contribution < 1.29 is 9.53 Å². The molecule has 4 aromatic rings. The highest BCUT2D eigenvalue weighted by atomic mass is 35.5. The molecule has 174 valence electrons. The van der Waals surface area contributed by atoms with Crippen molar-refractivity contribution in [2.75, 3.05) is 43.5 Å². The molecule has 1 aliphatic rings. The number of methoxy groups -OCH3 is 1. The summed E-state index contributed by atoms with van der Waals surface area (Å²) in [5, 5.41) is 3.68. The average Bonchev–Trinajstić information content (AvgIpc) is 3.29. The summed E-state index contributed by atoms with van der Waals surface area (Å²) in [6, 6.07) is 11.2. The summed E-state index contributed by atoms with van der Waals surface area (Å²) < 4.78 is 7.47. The Bertz CT molecular complexity index is 1350. The van der Waals surface area contributed by atoms with Crippen molar-refractivity contribution >= 4 is 40.6 Å². The molecule has 0 aliphatic carbocycles. The SMILES string of the molecule is COc1ccc(N2CCN(C(N)=O)CC2)cc1Nc1ncc(Cl)c(-c2cnc3ccccn23)n1. The second-order valence-electron chi connectivity index (χ2n) is 7.78. The smallest absolute Gasteiger partial charge is 0.314 e. The number of rotatable bonds is 5. The number of ether oxygens (including phenoxy) is 1. The number of hydrogen-bond donors (Lipinski definition) is 2. The summed E-state index contributed by atoms with van der Waals surface area (Å²) >= 11 is 6.45. The number of imidazole rings is 1. The molecule has 4 heterocycles. The lowest BCUT2D eigenvalue weighted by atomic mass is 10.2. The summed E-state index contributed by atoms with van der Waals surface area (Å²) in [6.07, 6.45) is 5.21. The molecule has 3 N–H and O–H groups in total. The number of hydrogen-bond acceptors (Lipinski definition) is 7. The van der Waals surface area contributed by atoms with E-state index >= 15 is 0 Å². The fraction of sp³-hybridized carbons (Fsp3) is 0.217. The van der Waals surface area contributed by atoms with Gasteiger partial charge in [0, 0.05) is 38.1 Å². The molecule has 0 bridgehead atoms. The first-order chi connectivity index (χ1) is 16.5. The molecule has 0 radical (unpaired) electrons. The van der Waals surface area contributed by atoms with Gasteiger partial charge in [-0.3, -0.25) is 4.40 Å². The lowest BCUT2D eigenvalue weighted by molar-refractivity contribution is 0.204. The van der Waals surface area contributed by atoms with Crippen LogP contribution in [0.3, 0.4) is 0 Å². The minimum absolute atomic E-state index is 0.374. The van der Waals surface area contributed by atoms with Crippen LogP contribution in [0.2, 0.25) is 5.02 Å². The molecule has 0 spiro atoms. The maximum atomic E-state index is 11.4. The Hall–Kier alpha value is -4.05. The van der Waals surface area contributed by atoms with Gasteiger partial charge in [0.05, 0.1) is 35.9 Å². The van der Waals surface area contributed by atoms with Gasteiger partial charge in [0.15, 0.2) is 0 Å². The molecule has 1 fully saturated rings. The number of anilines is 3. The van der Waals surface area contributed by atoms with Gasteiger partial charge in [-0.2, -0.15) is 0 Å². The Morgan fingerprint density at radius 3 is 2.71 bits per heavy atom. The minimum Gasteiger partial charge on any atom is -0.495 e. The number of carbonyl (C=O) groups is 1. The summed E-state index contributed by atoms with van der Waals surface area (Å²) in [7, 11) is 1.61. The van der Waals surface area contributed by atoms with E-state index in [4.69, 9.17) is 22.1 Å². The number of amides is 2. The van der Waals surface area contributed by atoms with Gasteiger partial charge in [0.1, 0.15) is 17.1 Å². The zero-order valence-corrected chi connectivity index (χ0v) is 19.2. The summed E-state index contributed by atoms with van der Waals surface area (Å²) in [4.78, 5) is 28.7. The van der Waals surface area contributed by atoms with Gasteiger partial charge in [-0.1, -0.05) is 17.7 Å². The molecule has 11 heteroatoms. The fourth-order valence-corrected chi connectivity index (χ4v) is 4.20. The van der Waals surface area contributed by atoms with Crippen molar-refractivity contribution in [3.8, 4) is 17.1 Å². The van der Waals surface area contributed by atoms with Crippen molar-refractivity contribution in [3.05, 3.63) is 60.0 Å². The normalized spacial score (nSPS) is 13.8. The highest BCUT2D eigenvalue weighted by Gasteiger charge is 2.21. The number of carbonyl (C=O) groups excluding carboxylic acids is 1. The number of nitrogens with two attached hydrogens (primary N) is 1. The Morgan fingerprint density at radius 2 is 1.94 bits per heavy atom. The standard InChI is InChI=1S/C23H23ClN8O2/c1-34-19-6-5-15(30-8-10-31(11-9-30)22(25)33)12-17(19)28-23-27-13-16(24)21(29-23)18-14-26-20-4-2-3-7-32(18)20/h2-7,12-14H,8-11H2,1H3,(H2,25,33)(H,27,28,29). The van der Waals surface area contributed by atoms with Crippen molar-refractivity contribution in [1.29, 1.82) is 0 Å². The highest BCUT2D eigenvalue weighted by Crippen LogP contribution is 2.33. The Kier molecular flexibility index (Phi) is 5.81. The zero-order valence-electron chi connectivity index (χ0n) is 18.5. The van der Waals surface area contributed by atoms with E-state index < -0.39 is 6.03 Å². The van der Waals surface area contributed by atoms with E-state index in [1.807, 2.05) is 47.0 Å². The second kappa shape index (κ2) is 9.06. The number of nitrogens with one attached hydrogen (secondary N) is 1. The average molecular weight is 479 g/mol.